The van der Waals surface area contributed by atoms with Crippen LogP contribution >= 0.6 is 11.3 Å². The lowest BCUT2D eigenvalue weighted by molar-refractivity contribution is 0.104. The molecular weight excluding hydrogens is 442 g/mol. The van der Waals surface area contributed by atoms with Crippen molar-refractivity contribution in [3.8, 4) is 22.6 Å². The highest BCUT2D eigenvalue weighted by Gasteiger charge is 2.21. The number of likely N-dealkylation sites (tertiary alicyclic amines) is 1. The van der Waals surface area contributed by atoms with Gasteiger partial charge in [-0.05, 0) is 61.2 Å². The Kier molecular flexibility index (Phi) is 6.66. The predicted octanol–water partition coefficient (Wildman–Crippen LogP) is 6.62. The molecule has 1 N–H and O–H groups in total. The number of phenolic OH excluding ortho intramolecular Hbond substituents is 1. The summed E-state index contributed by atoms with van der Waals surface area (Å²) in [4.78, 5) is 16.6. The number of nitrogens with zero attached hydrogens (tertiary/aromatic N) is 1. The third kappa shape index (κ3) is 4.86. The number of hydrogen-bond acceptors (Lipinski definition) is 5. The van der Waals surface area contributed by atoms with Crippen molar-refractivity contribution in [2.24, 2.45) is 5.92 Å². The molecule has 1 aromatic heterocycles. The second kappa shape index (κ2) is 10.00. The summed E-state index contributed by atoms with van der Waals surface area (Å²) < 4.78 is 6.89. The molecule has 0 unspecified atom stereocenters. The Morgan fingerprint density at radius 2 is 1.88 bits per heavy atom. The summed E-state index contributed by atoms with van der Waals surface area (Å²) in [6.45, 7) is 6.50. The SMILES string of the molecule is C[C@@H]1CCN(CCCOc2ccc(-c3c(C(=O)c4ccccc4)sc4cc(O)ccc34)cc2)C1. The number of phenols is 1. The lowest BCUT2D eigenvalue weighted by Crippen LogP contribution is -2.22. The lowest BCUT2D eigenvalue weighted by atomic mass is 9.98. The average molecular weight is 472 g/mol. The van der Waals surface area contributed by atoms with E-state index in [0.717, 1.165) is 45.8 Å². The normalized spacial score (nSPS) is 16.2. The predicted molar refractivity (Wildman–Crippen MR) is 139 cm³/mol. The number of carbonyl (C=O) groups excluding carboxylic acids is 1. The second-order valence-corrected chi connectivity index (χ2v) is 10.2. The number of fused-ring (bicyclic) bond motifs is 1. The van der Waals surface area contributed by atoms with Gasteiger partial charge in [-0.15, -0.1) is 11.3 Å². The summed E-state index contributed by atoms with van der Waals surface area (Å²) in [5, 5.41) is 10.9. The zero-order valence-corrected chi connectivity index (χ0v) is 20.2. The van der Waals surface area contributed by atoms with Gasteiger partial charge in [-0.25, -0.2) is 0 Å². The van der Waals surface area contributed by atoms with E-state index in [2.05, 4.69) is 11.8 Å². The van der Waals surface area contributed by atoms with Gasteiger partial charge in [0.05, 0.1) is 11.5 Å². The molecule has 34 heavy (non-hydrogen) atoms. The Morgan fingerprint density at radius 3 is 2.62 bits per heavy atom. The molecule has 0 aliphatic carbocycles. The molecule has 0 radical (unpaired) electrons. The summed E-state index contributed by atoms with van der Waals surface area (Å²) in [6, 6.07) is 22.6. The standard InChI is InChI=1S/C29H29NO3S/c1-20-14-16-30(19-20)15-5-17-33-24-11-8-21(9-12-24)27-25-13-10-23(31)18-26(25)34-29(27)28(32)22-6-3-2-4-7-22/h2-4,6-13,18,20,31H,5,14-17,19H2,1H3/t20-/m1/s1. The van der Waals surface area contributed by atoms with Gasteiger partial charge in [0.25, 0.3) is 0 Å². The number of ketones is 1. The van der Waals surface area contributed by atoms with Crippen LogP contribution in [0.25, 0.3) is 21.2 Å². The number of rotatable bonds is 8. The summed E-state index contributed by atoms with van der Waals surface area (Å²) in [7, 11) is 0. The van der Waals surface area contributed by atoms with E-state index < -0.39 is 0 Å². The maximum absolute atomic E-state index is 13.4. The van der Waals surface area contributed by atoms with E-state index in [1.807, 2.05) is 60.7 Å². The van der Waals surface area contributed by atoms with Crippen molar-refractivity contribution in [3.05, 3.63) is 83.2 Å². The van der Waals surface area contributed by atoms with Gasteiger partial charge < -0.3 is 14.7 Å². The maximum atomic E-state index is 13.4. The highest BCUT2D eigenvalue weighted by Crippen LogP contribution is 2.41. The highest BCUT2D eigenvalue weighted by atomic mass is 32.1. The fraction of sp³-hybridized carbons (Fsp3) is 0.276. The monoisotopic (exact) mass is 471 g/mol. The average Bonchev–Trinajstić information content (AvgIpc) is 3.45. The molecule has 0 saturated carbocycles. The Bertz CT molecular complexity index is 1280. The minimum Gasteiger partial charge on any atom is -0.508 e. The van der Waals surface area contributed by atoms with Gasteiger partial charge in [0, 0.05) is 34.3 Å². The Labute approximate surface area is 204 Å². The first-order valence-electron chi connectivity index (χ1n) is 11.9. The van der Waals surface area contributed by atoms with Crippen molar-refractivity contribution in [2.45, 2.75) is 19.8 Å². The molecule has 5 rings (SSSR count). The number of ether oxygens (including phenoxy) is 1. The van der Waals surface area contributed by atoms with Gasteiger partial charge >= 0.3 is 0 Å². The molecule has 1 atom stereocenters. The number of benzene rings is 3. The van der Waals surface area contributed by atoms with Crippen LogP contribution in [0.2, 0.25) is 0 Å². The van der Waals surface area contributed by atoms with Gasteiger partial charge in [0.1, 0.15) is 11.5 Å². The van der Waals surface area contributed by atoms with Crippen LogP contribution in [0.5, 0.6) is 11.5 Å². The van der Waals surface area contributed by atoms with Crippen LogP contribution in [-0.2, 0) is 0 Å². The topological polar surface area (TPSA) is 49.8 Å². The third-order valence-corrected chi connectivity index (χ3v) is 7.61. The first kappa shape index (κ1) is 22.6. The van der Waals surface area contributed by atoms with Crippen LogP contribution in [0.3, 0.4) is 0 Å². The number of thiophene rings is 1. The van der Waals surface area contributed by atoms with Crippen molar-refractivity contribution in [3.63, 3.8) is 0 Å². The molecule has 0 spiro atoms. The molecule has 4 aromatic rings. The molecule has 0 amide bonds. The zero-order chi connectivity index (χ0) is 23.5. The highest BCUT2D eigenvalue weighted by molar-refractivity contribution is 7.21. The Morgan fingerprint density at radius 1 is 1.09 bits per heavy atom. The summed E-state index contributed by atoms with van der Waals surface area (Å²) in [6.07, 6.45) is 2.32. The van der Waals surface area contributed by atoms with Crippen molar-refractivity contribution < 1.29 is 14.6 Å². The minimum atomic E-state index is -0.00662. The fourth-order valence-electron chi connectivity index (χ4n) is 4.68. The number of carbonyl (C=O) groups is 1. The van der Waals surface area contributed by atoms with E-state index in [1.54, 1.807) is 12.1 Å². The van der Waals surface area contributed by atoms with Crippen molar-refractivity contribution in [2.75, 3.05) is 26.2 Å². The molecule has 1 aliphatic heterocycles. The number of aromatic hydroxyl groups is 1. The molecule has 4 nitrogen and oxygen atoms in total. The molecule has 5 heteroatoms. The molecule has 0 bridgehead atoms. The van der Waals surface area contributed by atoms with Crippen LogP contribution < -0.4 is 4.74 Å². The van der Waals surface area contributed by atoms with E-state index in [1.165, 1.54) is 30.8 Å². The number of hydrogen-bond donors (Lipinski definition) is 1. The molecule has 1 aliphatic rings. The van der Waals surface area contributed by atoms with Crippen molar-refractivity contribution in [1.82, 2.24) is 4.90 Å². The van der Waals surface area contributed by atoms with Crippen molar-refractivity contribution >= 4 is 27.2 Å². The third-order valence-electron chi connectivity index (χ3n) is 6.45. The minimum absolute atomic E-state index is 0.00662. The second-order valence-electron chi connectivity index (χ2n) is 9.10. The van der Waals surface area contributed by atoms with Gasteiger partial charge in [0.15, 0.2) is 0 Å². The van der Waals surface area contributed by atoms with Crippen LogP contribution in [-0.4, -0.2) is 42.0 Å². The molecule has 3 aromatic carbocycles. The first-order chi connectivity index (χ1) is 16.6. The van der Waals surface area contributed by atoms with E-state index in [0.29, 0.717) is 17.0 Å². The fourth-order valence-corrected chi connectivity index (χ4v) is 5.90. The van der Waals surface area contributed by atoms with E-state index >= 15 is 0 Å². The van der Waals surface area contributed by atoms with E-state index in [-0.39, 0.29) is 11.5 Å². The van der Waals surface area contributed by atoms with Gasteiger partial charge in [-0.3, -0.25) is 4.79 Å². The Hall–Kier alpha value is -3.15. The zero-order valence-electron chi connectivity index (χ0n) is 19.4. The quantitative estimate of drug-likeness (QED) is 0.232. The van der Waals surface area contributed by atoms with E-state index in [9.17, 15) is 9.90 Å². The molecule has 2 heterocycles. The molecule has 1 fully saturated rings. The van der Waals surface area contributed by atoms with Crippen LogP contribution in [0.4, 0.5) is 0 Å². The summed E-state index contributed by atoms with van der Waals surface area (Å²) in [5.74, 6) is 1.84. The lowest BCUT2D eigenvalue weighted by Gasteiger charge is -2.15. The van der Waals surface area contributed by atoms with Gasteiger partial charge in [-0.1, -0.05) is 49.4 Å². The van der Waals surface area contributed by atoms with Gasteiger partial charge in [0.2, 0.25) is 5.78 Å². The largest absolute Gasteiger partial charge is 0.508 e. The molecule has 1 saturated heterocycles. The Balaban J connectivity index is 1.36. The molecule has 174 valence electrons. The summed E-state index contributed by atoms with van der Waals surface area (Å²) in [5.41, 5.74) is 2.53. The summed E-state index contributed by atoms with van der Waals surface area (Å²) >= 11 is 1.42. The van der Waals surface area contributed by atoms with Crippen molar-refractivity contribution in [1.29, 1.82) is 0 Å². The van der Waals surface area contributed by atoms with Crippen LogP contribution in [0.1, 0.15) is 35.0 Å². The smallest absolute Gasteiger partial charge is 0.203 e. The van der Waals surface area contributed by atoms with E-state index in [4.69, 9.17) is 4.74 Å². The van der Waals surface area contributed by atoms with Crippen LogP contribution in [0, 0.1) is 5.92 Å². The maximum Gasteiger partial charge on any atom is 0.203 e. The van der Waals surface area contributed by atoms with Gasteiger partial charge in [-0.2, -0.15) is 0 Å². The first-order valence-corrected chi connectivity index (χ1v) is 12.7. The molecular formula is C29H29NO3S. The van der Waals surface area contributed by atoms with Crippen LogP contribution in [0.15, 0.2) is 72.8 Å².